The predicted octanol–water partition coefficient (Wildman–Crippen LogP) is 0.452. The summed E-state index contributed by atoms with van der Waals surface area (Å²) in [6.07, 6.45) is 1.78. The number of nitrogens with zero attached hydrogens (tertiary/aromatic N) is 3. The largest absolute Gasteiger partial charge is 0.396 e. The zero-order valence-corrected chi connectivity index (χ0v) is 11.0. The first kappa shape index (κ1) is 13.0. The number of aliphatic hydroxyl groups excluding tert-OH is 1. The summed E-state index contributed by atoms with van der Waals surface area (Å²) in [5.41, 5.74) is 3.60. The molecule has 1 saturated heterocycles. The Hall–Kier alpha value is -1.40. The van der Waals surface area contributed by atoms with E-state index in [1.165, 1.54) is 0 Å². The van der Waals surface area contributed by atoms with Gasteiger partial charge >= 0.3 is 0 Å². The third-order valence-electron chi connectivity index (χ3n) is 3.46. The summed E-state index contributed by atoms with van der Waals surface area (Å²) in [5.74, 6) is 8.25. The average Bonchev–Trinajstić information content (AvgIpc) is 2.87. The molecule has 1 aliphatic heterocycles. The number of nitrogens with one attached hydrogen (secondary N) is 1. The number of aliphatic hydroxyl groups is 1. The van der Waals surface area contributed by atoms with Crippen LogP contribution < -0.4 is 16.2 Å². The molecule has 1 aromatic rings. The topological polar surface area (TPSA) is 87.3 Å². The molecule has 0 bridgehead atoms. The van der Waals surface area contributed by atoms with Crippen molar-refractivity contribution < 1.29 is 5.11 Å². The Morgan fingerprint density at radius 3 is 2.83 bits per heavy atom. The molecule has 2 heterocycles. The molecule has 1 aliphatic rings. The van der Waals surface area contributed by atoms with Crippen molar-refractivity contribution in [1.82, 2.24) is 9.97 Å². The van der Waals surface area contributed by atoms with Gasteiger partial charge in [0.2, 0.25) is 0 Å². The molecule has 100 valence electrons. The molecular formula is C12H21N5O. The van der Waals surface area contributed by atoms with Crippen LogP contribution in [-0.4, -0.2) is 34.8 Å². The molecule has 2 rings (SSSR count). The van der Waals surface area contributed by atoms with Crippen LogP contribution in [0, 0.1) is 12.8 Å². The fourth-order valence-electron chi connectivity index (χ4n) is 2.33. The molecule has 4 N–H and O–H groups in total. The van der Waals surface area contributed by atoms with Crippen LogP contribution in [0.25, 0.3) is 0 Å². The monoisotopic (exact) mass is 251 g/mol. The van der Waals surface area contributed by atoms with Crippen LogP contribution in [0.5, 0.6) is 0 Å². The van der Waals surface area contributed by atoms with E-state index in [0.29, 0.717) is 11.7 Å². The van der Waals surface area contributed by atoms with Crippen LogP contribution >= 0.6 is 0 Å². The van der Waals surface area contributed by atoms with Gasteiger partial charge in [-0.1, -0.05) is 6.92 Å². The fourth-order valence-corrected chi connectivity index (χ4v) is 2.33. The lowest BCUT2D eigenvalue weighted by Gasteiger charge is -2.21. The zero-order valence-electron chi connectivity index (χ0n) is 11.0. The minimum Gasteiger partial charge on any atom is -0.396 e. The van der Waals surface area contributed by atoms with E-state index in [-0.39, 0.29) is 6.61 Å². The predicted molar refractivity (Wildman–Crippen MR) is 71.4 cm³/mol. The number of hydrogen-bond acceptors (Lipinski definition) is 6. The van der Waals surface area contributed by atoms with Crippen molar-refractivity contribution in [2.24, 2.45) is 11.8 Å². The number of rotatable bonds is 4. The maximum Gasteiger partial charge on any atom is 0.148 e. The minimum absolute atomic E-state index is 0.239. The SMILES string of the molecule is CCc1nc(NN)c(C)c(N2CCC(CO)C2)n1. The van der Waals surface area contributed by atoms with E-state index in [2.05, 4.69) is 20.3 Å². The van der Waals surface area contributed by atoms with Gasteiger partial charge in [0.25, 0.3) is 0 Å². The van der Waals surface area contributed by atoms with E-state index in [1.807, 2.05) is 13.8 Å². The first-order chi connectivity index (χ1) is 8.69. The summed E-state index contributed by atoms with van der Waals surface area (Å²) in [4.78, 5) is 11.2. The lowest BCUT2D eigenvalue weighted by atomic mass is 10.1. The van der Waals surface area contributed by atoms with Gasteiger partial charge in [-0.15, -0.1) is 0 Å². The van der Waals surface area contributed by atoms with Gasteiger partial charge in [-0.3, -0.25) is 0 Å². The molecule has 0 saturated carbocycles. The van der Waals surface area contributed by atoms with E-state index in [1.54, 1.807) is 0 Å². The molecule has 18 heavy (non-hydrogen) atoms. The van der Waals surface area contributed by atoms with Gasteiger partial charge in [0.05, 0.1) is 0 Å². The minimum atomic E-state index is 0.239. The second-order valence-electron chi connectivity index (χ2n) is 4.72. The van der Waals surface area contributed by atoms with Crippen molar-refractivity contribution in [3.8, 4) is 0 Å². The van der Waals surface area contributed by atoms with Crippen molar-refractivity contribution in [3.05, 3.63) is 11.4 Å². The van der Waals surface area contributed by atoms with Crippen LogP contribution in [0.3, 0.4) is 0 Å². The van der Waals surface area contributed by atoms with Crippen LogP contribution in [0.15, 0.2) is 0 Å². The number of nitrogen functional groups attached to an aromatic ring is 1. The van der Waals surface area contributed by atoms with Gasteiger partial charge in [-0.05, 0) is 13.3 Å². The average molecular weight is 251 g/mol. The summed E-state index contributed by atoms with van der Waals surface area (Å²) >= 11 is 0. The third-order valence-corrected chi connectivity index (χ3v) is 3.46. The molecule has 0 amide bonds. The van der Waals surface area contributed by atoms with Gasteiger partial charge in [0.1, 0.15) is 17.5 Å². The first-order valence-electron chi connectivity index (χ1n) is 6.39. The van der Waals surface area contributed by atoms with Gasteiger partial charge < -0.3 is 15.4 Å². The smallest absolute Gasteiger partial charge is 0.148 e. The Morgan fingerprint density at radius 2 is 2.28 bits per heavy atom. The normalized spacial score (nSPS) is 19.3. The van der Waals surface area contributed by atoms with Crippen LogP contribution in [0.1, 0.15) is 24.7 Å². The van der Waals surface area contributed by atoms with E-state index >= 15 is 0 Å². The Bertz CT molecular complexity index is 423. The molecule has 0 aliphatic carbocycles. The Kier molecular flexibility index (Phi) is 3.98. The Balaban J connectivity index is 2.31. The van der Waals surface area contributed by atoms with Crippen LogP contribution in [0.4, 0.5) is 11.6 Å². The van der Waals surface area contributed by atoms with Gasteiger partial charge in [-0.2, -0.15) is 0 Å². The fraction of sp³-hybridized carbons (Fsp3) is 0.667. The highest BCUT2D eigenvalue weighted by molar-refractivity contribution is 5.58. The number of anilines is 2. The van der Waals surface area contributed by atoms with Gasteiger partial charge in [0, 0.05) is 37.6 Å². The molecule has 6 heteroatoms. The van der Waals surface area contributed by atoms with E-state index in [4.69, 9.17) is 5.84 Å². The highest BCUT2D eigenvalue weighted by atomic mass is 16.3. The Labute approximate surface area is 107 Å². The van der Waals surface area contributed by atoms with Crippen molar-refractivity contribution >= 4 is 11.6 Å². The number of hydrogen-bond donors (Lipinski definition) is 3. The number of aromatic nitrogens is 2. The highest BCUT2D eigenvalue weighted by Gasteiger charge is 2.25. The molecule has 0 aromatic carbocycles. The van der Waals surface area contributed by atoms with Crippen LogP contribution in [-0.2, 0) is 6.42 Å². The molecule has 1 atom stereocenters. The molecule has 1 fully saturated rings. The standard InChI is InChI=1S/C12H21N5O/c1-3-10-14-11(16-13)8(2)12(15-10)17-5-4-9(6-17)7-18/h9,18H,3-7,13H2,1-2H3,(H,14,15,16). The van der Waals surface area contributed by atoms with Crippen LogP contribution in [0.2, 0.25) is 0 Å². The summed E-state index contributed by atoms with van der Waals surface area (Å²) < 4.78 is 0. The zero-order chi connectivity index (χ0) is 13.1. The second kappa shape index (κ2) is 5.49. The first-order valence-corrected chi connectivity index (χ1v) is 6.39. The van der Waals surface area contributed by atoms with Crippen molar-refractivity contribution in [3.63, 3.8) is 0 Å². The van der Waals surface area contributed by atoms with Gasteiger partial charge in [0.15, 0.2) is 0 Å². The summed E-state index contributed by atoms with van der Waals surface area (Å²) in [6.45, 7) is 6.01. The maximum atomic E-state index is 9.21. The summed E-state index contributed by atoms with van der Waals surface area (Å²) in [5, 5.41) is 9.21. The number of nitrogens with two attached hydrogens (primary N) is 1. The molecule has 0 radical (unpaired) electrons. The Morgan fingerprint density at radius 1 is 1.50 bits per heavy atom. The lowest BCUT2D eigenvalue weighted by Crippen LogP contribution is -2.24. The van der Waals surface area contributed by atoms with Crippen molar-refractivity contribution in [2.75, 3.05) is 30.0 Å². The van der Waals surface area contributed by atoms with E-state index < -0.39 is 0 Å². The van der Waals surface area contributed by atoms with Gasteiger partial charge in [-0.25, -0.2) is 15.8 Å². The number of hydrazine groups is 1. The number of aryl methyl sites for hydroxylation is 1. The quantitative estimate of drug-likeness (QED) is 0.532. The molecule has 6 nitrogen and oxygen atoms in total. The van der Waals surface area contributed by atoms with Crippen molar-refractivity contribution in [1.29, 1.82) is 0 Å². The van der Waals surface area contributed by atoms with E-state index in [9.17, 15) is 5.11 Å². The molecule has 1 aromatic heterocycles. The molecule has 0 spiro atoms. The van der Waals surface area contributed by atoms with E-state index in [0.717, 1.165) is 43.1 Å². The molecule has 1 unspecified atom stereocenters. The lowest BCUT2D eigenvalue weighted by molar-refractivity contribution is 0.238. The maximum absolute atomic E-state index is 9.21. The summed E-state index contributed by atoms with van der Waals surface area (Å²) in [6, 6.07) is 0. The van der Waals surface area contributed by atoms with Crippen molar-refractivity contribution in [2.45, 2.75) is 26.7 Å². The summed E-state index contributed by atoms with van der Waals surface area (Å²) in [7, 11) is 0. The molecular weight excluding hydrogens is 230 g/mol. The second-order valence-corrected chi connectivity index (χ2v) is 4.72. The third kappa shape index (κ3) is 2.39. The highest BCUT2D eigenvalue weighted by Crippen LogP contribution is 2.28.